The Morgan fingerprint density at radius 2 is 2.13 bits per heavy atom. The highest BCUT2D eigenvalue weighted by Crippen LogP contribution is 2.20. The molecule has 1 aromatic carbocycles. The van der Waals surface area contributed by atoms with Gasteiger partial charge in [0.1, 0.15) is 11.6 Å². The second kappa shape index (κ2) is 11.5. The fraction of sp³-hybridized carbons (Fsp3) is 0.455. The van der Waals surface area contributed by atoms with Gasteiger partial charge in [-0.15, -0.1) is 0 Å². The van der Waals surface area contributed by atoms with Crippen LogP contribution in [0.4, 0.5) is 14.6 Å². The summed E-state index contributed by atoms with van der Waals surface area (Å²) in [4.78, 5) is 11.4. The minimum atomic E-state index is -2.86. The number of nitrogens with zero attached hydrogens (tertiary/aromatic N) is 3. The molecule has 0 amide bonds. The van der Waals surface area contributed by atoms with Crippen LogP contribution in [0.1, 0.15) is 25.0 Å². The van der Waals surface area contributed by atoms with Crippen molar-refractivity contribution in [2.45, 2.75) is 39.7 Å². The zero-order chi connectivity index (χ0) is 22.1. The van der Waals surface area contributed by atoms with Crippen molar-refractivity contribution in [3.05, 3.63) is 53.7 Å². The van der Waals surface area contributed by atoms with E-state index in [1.54, 1.807) is 18.2 Å². The van der Waals surface area contributed by atoms with Crippen LogP contribution < -0.4 is 20.3 Å². The first-order valence-corrected chi connectivity index (χ1v) is 10.4. The van der Waals surface area contributed by atoms with Gasteiger partial charge in [-0.25, -0.2) is 9.98 Å². The molecule has 1 aliphatic rings. The van der Waals surface area contributed by atoms with Crippen LogP contribution in [0.15, 0.2) is 47.6 Å². The smallest absolute Gasteiger partial charge is 0.387 e. The Morgan fingerprint density at radius 1 is 1.29 bits per heavy atom. The molecular formula is C22H29F2N5O2. The molecule has 1 aliphatic heterocycles. The molecule has 168 valence electrons. The van der Waals surface area contributed by atoms with Gasteiger partial charge in [-0.1, -0.05) is 24.3 Å². The zero-order valence-electron chi connectivity index (χ0n) is 17.9. The van der Waals surface area contributed by atoms with Crippen molar-refractivity contribution in [1.29, 1.82) is 0 Å². The number of hydrogen-bond acceptors (Lipinski definition) is 5. The maximum atomic E-state index is 12.6. The zero-order valence-corrected chi connectivity index (χ0v) is 17.9. The van der Waals surface area contributed by atoms with Gasteiger partial charge in [0.25, 0.3) is 0 Å². The summed E-state index contributed by atoms with van der Waals surface area (Å²) in [5.41, 5.74) is 1.60. The number of guanidine groups is 1. The molecule has 0 radical (unpaired) electrons. The van der Waals surface area contributed by atoms with E-state index in [0.717, 1.165) is 24.5 Å². The number of para-hydroxylation sites is 1. The third kappa shape index (κ3) is 7.06. The SMILES string of the molecule is CCNC(=NCc1ccc(N2CCOC(C)C2)nc1)NCc1ccccc1OC(F)F. The maximum absolute atomic E-state index is 12.6. The second-order valence-corrected chi connectivity index (χ2v) is 7.19. The molecule has 31 heavy (non-hydrogen) atoms. The van der Waals surface area contributed by atoms with E-state index in [9.17, 15) is 8.78 Å². The molecule has 1 aromatic heterocycles. The van der Waals surface area contributed by atoms with E-state index in [1.807, 2.05) is 25.3 Å². The number of ether oxygens (including phenoxy) is 2. The highest BCUT2D eigenvalue weighted by molar-refractivity contribution is 5.79. The van der Waals surface area contributed by atoms with Crippen LogP contribution in [-0.2, 0) is 17.8 Å². The summed E-state index contributed by atoms with van der Waals surface area (Å²) in [7, 11) is 0. The minimum absolute atomic E-state index is 0.151. The van der Waals surface area contributed by atoms with E-state index < -0.39 is 6.61 Å². The fourth-order valence-electron chi connectivity index (χ4n) is 3.28. The largest absolute Gasteiger partial charge is 0.434 e. The number of pyridine rings is 1. The number of hydrogen-bond donors (Lipinski definition) is 2. The summed E-state index contributed by atoms with van der Waals surface area (Å²) >= 11 is 0. The topological polar surface area (TPSA) is 71.0 Å². The summed E-state index contributed by atoms with van der Waals surface area (Å²) in [5.74, 6) is 1.67. The van der Waals surface area contributed by atoms with Crippen molar-refractivity contribution in [2.75, 3.05) is 31.1 Å². The summed E-state index contributed by atoms with van der Waals surface area (Å²) in [5, 5.41) is 6.32. The predicted molar refractivity (Wildman–Crippen MR) is 117 cm³/mol. The van der Waals surface area contributed by atoms with Gasteiger partial charge < -0.3 is 25.0 Å². The number of rotatable bonds is 8. The van der Waals surface area contributed by atoms with Crippen LogP contribution in [-0.4, -0.2) is 49.9 Å². The normalized spacial score (nSPS) is 17.0. The van der Waals surface area contributed by atoms with Crippen LogP contribution in [0.2, 0.25) is 0 Å². The predicted octanol–water partition coefficient (Wildman–Crippen LogP) is 3.16. The molecule has 2 heterocycles. The van der Waals surface area contributed by atoms with E-state index in [2.05, 4.69) is 37.2 Å². The minimum Gasteiger partial charge on any atom is -0.434 e. The van der Waals surface area contributed by atoms with Crippen molar-refractivity contribution in [2.24, 2.45) is 4.99 Å². The van der Waals surface area contributed by atoms with Crippen LogP contribution in [0.3, 0.4) is 0 Å². The molecule has 0 aliphatic carbocycles. The number of aromatic nitrogens is 1. The lowest BCUT2D eigenvalue weighted by molar-refractivity contribution is -0.0504. The number of nitrogens with one attached hydrogen (secondary N) is 2. The van der Waals surface area contributed by atoms with E-state index in [4.69, 9.17) is 4.74 Å². The Labute approximate surface area is 181 Å². The Morgan fingerprint density at radius 3 is 2.84 bits per heavy atom. The molecule has 3 rings (SSSR count). The summed E-state index contributed by atoms with van der Waals surface area (Å²) in [6, 6.07) is 10.7. The van der Waals surface area contributed by atoms with Gasteiger partial charge in [0, 0.05) is 37.9 Å². The van der Waals surface area contributed by atoms with Gasteiger partial charge in [-0.2, -0.15) is 8.78 Å². The maximum Gasteiger partial charge on any atom is 0.387 e. The van der Waals surface area contributed by atoms with Gasteiger partial charge in [-0.05, 0) is 31.5 Å². The van der Waals surface area contributed by atoms with Crippen molar-refractivity contribution in [1.82, 2.24) is 15.6 Å². The molecule has 7 nitrogen and oxygen atoms in total. The first-order chi connectivity index (χ1) is 15.0. The lowest BCUT2D eigenvalue weighted by Crippen LogP contribution is -2.41. The fourth-order valence-corrected chi connectivity index (χ4v) is 3.28. The highest BCUT2D eigenvalue weighted by atomic mass is 19.3. The van der Waals surface area contributed by atoms with Crippen LogP contribution in [0.25, 0.3) is 0 Å². The Bertz CT molecular complexity index is 848. The van der Waals surface area contributed by atoms with Crippen LogP contribution in [0, 0.1) is 0 Å². The Balaban J connectivity index is 1.59. The molecule has 1 unspecified atom stereocenters. The van der Waals surface area contributed by atoms with Crippen molar-refractivity contribution in [3.63, 3.8) is 0 Å². The monoisotopic (exact) mass is 433 g/mol. The number of morpholine rings is 1. The molecule has 1 fully saturated rings. The van der Waals surface area contributed by atoms with E-state index in [0.29, 0.717) is 37.8 Å². The van der Waals surface area contributed by atoms with E-state index in [1.165, 1.54) is 6.07 Å². The first-order valence-electron chi connectivity index (χ1n) is 10.4. The van der Waals surface area contributed by atoms with Crippen molar-refractivity contribution < 1.29 is 18.3 Å². The molecule has 2 N–H and O–H groups in total. The number of aliphatic imine (C=N–C) groups is 1. The molecule has 0 bridgehead atoms. The number of benzene rings is 1. The third-order valence-electron chi connectivity index (χ3n) is 4.77. The van der Waals surface area contributed by atoms with Crippen LogP contribution >= 0.6 is 0 Å². The molecule has 9 heteroatoms. The summed E-state index contributed by atoms with van der Waals surface area (Å²) in [6.45, 7) is 4.95. The number of halogens is 2. The Hall–Kier alpha value is -2.94. The van der Waals surface area contributed by atoms with Gasteiger partial charge in [-0.3, -0.25) is 0 Å². The van der Waals surface area contributed by atoms with Gasteiger partial charge in [0.15, 0.2) is 5.96 Å². The Kier molecular flexibility index (Phi) is 8.40. The van der Waals surface area contributed by atoms with Gasteiger partial charge >= 0.3 is 6.61 Å². The number of alkyl halides is 2. The van der Waals surface area contributed by atoms with E-state index >= 15 is 0 Å². The molecule has 0 saturated carbocycles. The van der Waals surface area contributed by atoms with Gasteiger partial charge in [0.05, 0.1) is 19.3 Å². The third-order valence-corrected chi connectivity index (χ3v) is 4.77. The molecule has 0 spiro atoms. The average molecular weight is 434 g/mol. The highest BCUT2D eigenvalue weighted by Gasteiger charge is 2.17. The van der Waals surface area contributed by atoms with Crippen molar-refractivity contribution in [3.8, 4) is 5.75 Å². The quantitative estimate of drug-likeness (QED) is 0.492. The molecule has 2 aromatic rings. The van der Waals surface area contributed by atoms with Crippen molar-refractivity contribution >= 4 is 11.8 Å². The number of anilines is 1. The lowest BCUT2D eigenvalue weighted by Gasteiger charge is -2.32. The summed E-state index contributed by atoms with van der Waals surface area (Å²) < 4.78 is 35.4. The van der Waals surface area contributed by atoms with E-state index in [-0.39, 0.29) is 11.9 Å². The first kappa shape index (κ1) is 22.7. The lowest BCUT2D eigenvalue weighted by atomic mass is 10.2. The standard InChI is InChI=1S/C22H29F2N5O2/c1-3-25-22(28-14-18-6-4-5-7-19(18)31-21(23)24)27-13-17-8-9-20(26-12-17)29-10-11-30-16(2)15-29/h4-9,12,16,21H,3,10-11,13-15H2,1-2H3,(H2,25,27,28). The molecular weight excluding hydrogens is 404 g/mol. The van der Waals surface area contributed by atoms with Gasteiger partial charge in [0.2, 0.25) is 0 Å². The molecule has 1 saturated heterocycles. The molecule has 1 atom stereocenters. The van der Waals surface area contributed by atoms with Crippen LogP contribution in [0.5, 0.6) is 5.75 Å². The second-order valence-electron chi connectivity index (χ2n) is 7.19. The average Bonchev–Trinajstić information content (AvgIpc) is 2.76. The summed E-state index contributed by atoms with van der Waals surface area (Å²) in [6.07, 6.45) is 2.03.